The lowest BCUT2D eigenvalue weighted by Crippen LogP contribution is -1.99. The van der Waals surface area contributed by atoms with Crippen molar-refractivity contribution in [2.75, 3.05) is 7.11 Å². The first-order valence-corrected chi connectivity index (χ1v) is 5.84. The van der Waals surface area contributed by atoms with E-state index in [1.165, 1.54) is 0 Å². The molecule has 2 aromatic carbocycles. The molecule has 0 radical (unpaired) electrons. The SMILES string of the molecule is COc1ccc(C(Cc2ccccc2)N=O)cc1. The Kier molecular flexibility index (Phi) is 4.07. The van der Waals surface area contributed by atoms with Crippen molar-refractivity contribution in [3.63, 3.8) is 0 Å². The van der Waals surface area contributed by atoms with Gasteiger partial charge in [0.05, 0.1) is 7.11 Å². The summed E-state index contributed by atoms with van der Waals surface area (Å²) in [5, 5.41) is 3.22. The van der Waals surface area contributed by atoms with Crippen molar-refractivity contribution in [2.45, 2.75) is 12.5 Å². The van der Waals surface area contributed by atoms with Crippen molar-refractivity contribution in [1.29, 1.82) is 0 Å². The Labute approximate surface area is 106 Å². The molecule has 92 valence electrons. The van der Waals surface area contributed by atoms with Crippen LogP contribution in [0, 0.1) is 4.91 Å². The van der Waals surface area contributed by atoms with Crippen molar-refractivity contribution in [3.8, 4) is 5.75 Å². The summed E-state index contributed by atoms with van der Waals surface area (Å²) < 4.78 is 5.09. The zero-order valence-corrected chi connectivity index (χ0v) is 10.2. The molecule has 0 saturated heterocycles. The van der Waals surface area contributed by atoms with Gasteiger partial charge in [0.15, 0.2) is 0 Å². The predicted octanol–water partition coefficient (Wildman–Crippen LogP) is 3.75. The lowest BCUT2D eigenvalue weighted by molar-refractivity contribution is 0.414. The first-order chi connectivity index (χ1) is 8.83. The Bertz CT molecular complexity index is 494. The Balaban J connectivity index is 2.15. The van der Waals surface area contributed by atoms with E-state index in [1.54, 1.807) is 7.11 Å². The molecule has 3 heteroatoms. The minimum Gasteiger partial charge on any atom is -0.497 e. The maximum Gasteiger partial charge on any atom is 0.121 e. The lowest BCUT2D eigenvalue weighted by atomic mass is 10.00. The van der Waals surface area contributed by atoms with Crippen LogP contribution in [0.4, 0.5) is 0 Å². The number of ether oxygens (including phenoxy) is 1. The first kappa shape index (κ1) is 12.3. The molecule has 0 N–H and O–H groups in total. The van der Waals surface area contributed by atoms with Crippen molar-refractivity contribution >= 4 is 0 Å². The third-order valence-electron chi connectivity index (χ3n) is 2.90. The molecule has 0 aliphatic heterocycles. The summed E-state index contributed by atoms with van der Waals surface area (Å²) >= 11 is 0. The molecular formula is C15H15NO2. The van der Waals surface area contributed by atoms with E-state index in [-0.39, 0.29) is 6.04 Å². The highest BCUT2D eigenvalue weighted by atomic mass is 16.5. The minimum atomic E-state index is -0.349. The smallest absolute Gasteiger partial charge is 0.121 e. The van der Waals surface area contributed by atoms with E-state index in [4.69, 9.17) is 4.74 Å². The zero-order valence-electron chi connectivity index (χ0n) is 10.2. The molecule has 0 aliphatic rings. The second-order valence-corrected chi connectivity index (χ2v) is 4.08. The molecule has 1 atom stereocenters. The van der Waals surface area contributed by atoms with E-state index in [1.807, 2.05) is 54.6 Å². The van der Waals surface area contributed by atoms with E-state index in [0.29, 0.717) is 6.42 Å². The molecule has 2 aromatic rings. The topological polar surface area (TPSA) is 38.7 Å². The molecule has 0 spiro atoms. The molecule has 0 aromatic heterocycles. The molecule has 0 aliphatic carbocycles. The third kappa shape index (κ3) is 2.94. The number of rotatable bonds is 5. The van der Waals surface area contributed by atoms with Crippen LogP contribution >= 0.6 is 0 Å². The van der Waals surface area contributed by atoms with Crippen molar-refractivity contribution in [2.24, 2.45) is 5.18 Å². The summed E-state index contributed by atoms with van der Waals surface area (Å²) in [6.45, 7) is 0. The van der Waals surface area contributed by atoms with Gasteiger partial charge in [-0.25, -0.2) is 0 Å². The monoisotopic (exact) mass is 241 g/mol. The fraction of sp³-hybridized carbons (Fsp3) is 0.200. The standard InChI is InChI=1S/C15H15NO2/c1-18-14-9-7-13(8-10-14)15(16-17)11-12-5-3-2-4-6-12/h2-10,15H,11H2,1H3. The van der Waals surface area contributed by atoms with Gasteiger partial charge in [0.25, 0.3) is 0 Å². The van der Waals surface area contributed by atoms with Crippen LogP contribution in [0.2, 0.25) is 0 Å². The summed E-state index contributed by atoms with van der Waals surface area (Å²) in [5.74, 6) is 0.781. The molecular weight excluding hydrogens is 226 g/mol. The molecule has 0 heterocycles. The normalized spacial score (nSPS) is 11.8. The van der Waals surface area contributed by atoms with Crippen molar-refractivity contribution in [1.82, 2.24) is 0 Å². The largest absolute Gasteiger partial charge is 0.497 e. The number of nitroso groups, excluding NO2 is 1. The average molecular weight is 241 g/mol. The van der Waals surface area contributed by atoms with E-state index >= 15 is 0 Å². The van der Waals surface area contributed by atoms with Gasteiger partial charge in [-0.05, 0) is 23.3 Å². The fourth-order valence-corrected chi connectivity index (χ4v) is 1.88. The summed E-state index contributed by atoms with van der Waals surface area (Å²) in [5.41, 5.74) is 2.02. The zero-order chi connectivity index (χ0) is 12.8. The van der Waals surface area contributed by atoms with Crippen LogP contribution in [0.3, 0.4) is 0 Å². The van der Waals surface area contributed by atoms with Crippen molar-refractivity contribution < 1.29 is 4.74 Å². The Morgan fingerprint density at radius 1 is 1.06 bits per heavy atom. The molecule has 18 heavy (non-hydrogen) atoms. The van der Waals surface area contributed by atoms with E-state index in [2.05, 4.69) is 5.18 Å². The highest BCUT2D eigenvalue weighted by molar-refractivity contribution is 5.30. The number of benzene rings is 2. The number of methoxy groups -OCH3 is 1. The minimum absolute atomic E-state index is 0.349. The van der Waals surface area contributed by atoms with Crippen LogP contribution in [-0.4, -0.2) is 7.11 Å². The van der Waals surface area contributed by atoms with Gasteiger partial charge in [0.2, 0.25) is 0 Å². The molecule has 0 saturated carbocycles. The summed E-state index contributed by atoms with van der Waals surface area (Å²) in [7, 11) is 1.62. The quantitative estimate of drug-likeness (QED) is 0.748. The van der Waals surface area contributed by atoms with Crippen LogP contribution in [0.25, 0.3) is 0 Å². The van der Waals surface area contributed by atoms with E-state index < -0.39 is 0 Å². The second kappa shape index (κ2) is 5.96. The third-order valence-corrected chi connectivity index (χ3v) is 2.90. The summed E-state index contributed by atoms with van der Waals surface area (Å²) in [6, 6.07) is 17.0. The maximum absolute atomic E-state index is 11.0. The Hall–Kier alpha value is -2.16. The first-order valence-electron chi connectivity index (χ1n) is 5.84. The number of nitrogens with zero attached hydrogens (tertiary/aromatic N) is 1. The van der Waals surface area contributed by atoms with Crippen LogP contribution in [0.15, 0.2) is 59.8 Å². The summed E-state index contributed by atoms with van der Waals surface area (Å²) in [6.07, 6.45) is 0.622. The van der Waals surface area contributed by atoms with Crippen LogP contribution in [-0.2, 0) is 6.42 Å². The van der Waals surface area contributed by atoms with E-state index in [9.17, 15) is 4.91 Å². The maximum atomic E-state index is 11.0. The predicted molar refractivity (Wildman–Crippen MR) is 71.7 cm³/mol. The van der Waals surface area contributed by atoms with Gasteiger partial charge in [0, 0.05) is 6.42 Å². The van der Waals surface area contributed by atoms with Gasteiger partial charge in [-0.1, -0.05) is 47.6 Å². The Morgan fingerprint density at radius 2 is 1.72 bits per heavy atom. The van der Waals surface area contributed by atoms with Gasteiger partial charge < -0.3 is 4.74 Å². The van der Waals surface area contributed by atoms with Gasteiger partial charge in [-0.15, -0.1) is 0 Å². The molecule has 0 fully saturated rings. The number of hydrogen-bond acceptors (Lipinski definition) is 3. The molecule has 0 bridgehead atoms. The number of hydrogen-bond donors (Lipinski definition) is 0. The van der Waals surface area contributed by atoms with Crippen LogP contribution in [0.1, 0.15) is 17.2 Å². The summed E-state index contributed by atoms with van der Waals surface area (Å²) in [4.78, 5) is 11.0. The van der Waals surface area contributed by atoms with Crippen LogP contribution in [0.5, 0.6) is 5.75 Å². The van der Waals surface area contributed by atoms with Gasteiger partial charge in [-0.2, -0.15) is 4.91 Å². The lowest BCUT2D eigenvalue weighted by Gasteiger charge is -2.10. The van der Waals surface area contributed by atoms with Gasteiger partial charge in [0.1, 0.15) is 11.8 Å². The molecule has 2 rings (SSSR count). The van der Waals surface area contributed by atoms with Gasteiger partial charge >= 0.3 is 0 Å². The molecule has 3 nitrogen and oxygen atoms in total. The molecule has 1 unspecified atom stereocenters. The average Bonchev–Trinajstić information content (AvgIpc) is 2.46. The molecule has 0 amide bonds. The second-order valence-electron chi connectivity index (χ2n) is 4.08. The fourth-order valence-electron chi connectivity index (χ4n) is 1.88. The van der Waals surface area contributed by atoms with Gasteiger partial charge in [-0.3, -0.25) is 0 Å². The van der Waals surface area contributed by atoms with Crippen LogP contribution < -0.4 is 4.74 Å². The Morgan fingerprint density at radius 3 is 2.28 bits per heavy atom. The van der Waals surface area contributed by atoms with Crippen molar-refractivity contribution in [3.05, 3.63) is 70.6 Å². The highest BCUT2D eigenvalue weighted by Crippen LogP contribution is 2.24. The highest BCUT2D eigenvalue weighted by Gasteiger charge is 2.12. The van der Waals surface area contributed by atoms with E-state index in [0.717, 1.165) is 16.9 Å².